The van der Waals surface area contributed by atoms with Crippen molar-refractivity contribution in [2.75, 3.05) is 13.2 Å². The molecule has 0 aliphatic rings. The van der Waals surface area contributed by atoms with Crippen LogP contribution in [-0.4, -0.2) is 37.2 Å². The Kier molecular flexibility index (Phi) is 51.4. The molecular formula is C60H102O6. The van der Waals surface area contributed by atoms with Crippen LogP contribution in [0.25, 0.3) is 0 Å². The van der Waals surface area contributed by atoms with Gasteiger partial charge in [0.2, 0.25) is 0 Å². The maximum Gasteiger partial charge on any atom is 0.306 e. The van der Waals surface area contributed by atoms with Crippen molar-refractivity contribution >= 4 is 17.9 Å². The van der Waals surface area contributed by atoms with Gasteiger partial charge >= 0.3 is 17.9 Å². The molecule has 1 atom stereocenters. The summed E-state index contributed by atoms with van der Waals surface area (Å²) in [6.45, 7) is 6.45. The highest BCUT2D eigenvalue weighted by Gasteiger charge is 2.19. The van der Waals surface area contributed by atoms with Crippen molar-refractivity contribution in [1.29, 1.82) is 0 Å². The fourth-order valence-electron chi connectivity index (χ4n) is 7.46. The van der Waals surface area contributed by atoms with Crippen LogP contribution in [-0.2, 0) is 28.6 Å². The van der Waals surface area contributed by atoms with Crippen molar-refractivity contribution in [3.63, 3.8) is 0 Å². The summed E-state index contributed by atoms with van der Waals surface area (Å²) >= 11 is 0. The number of carbonyl (C=O) groups excluding carboxylic acids is 3. The molecule has 0 spiro atoms. The van der Waals surface area contributed by atoms with Crippen molar-refractivity contribution < 1.29 is 28.6 Å². The highest BCUT2D eigenvalue weighted by Crippen LogP contribution is 2.14. The van der Waals surface area contributed by atoms with Crippen LogP contribution in [0.15, 0.2) is 85.1 Å². The fraction of sp³-hybridized carbons (Fsp3) is 0.717. The predicted molar refractivity (Wildman–Crippen MR) is 284 cm³/mol. The standard InChI is InChI=1S/C60H102O6/c1-4-7-10-13-16-19-22-25-28-29-30-33-35-38-41-44-47-50-53-59(62)65-56-57(66-60(63)54-51-48-45-42-39-36-32-27-24-21-18-15-12-9-6-3)55-64-58(61)52-49-46-43-40-37-34-31-26-23-20-17-14-11-8-5-2/h9,12,17-18,20-21,26-29,31-32,39,42,57H,4-8,10-11,13-16,19,22-25,30,33-38,40-41,43-56H2,1-3H3/b12-9-,20-17-,21-18-,29-28-,31-26-,32-27-,42-39-. The molecule has 0 rings (SSSR count). The maximum atomic E-state index is 12.8. The first-order valence-corrected chi connectivity index (χ1v) is 27.6. The van der Waals surface area contributed by atoms with Gasteiger partial charge in [0.05, 0.1) is 0 Å². The lowest BCUT2D eigenvalue weighted by Crippen LogP contribution is -2.30. The second-order valence-electron chi connectivity index (χ2n) is 18.1. The van der Waals surface area contributed by atoms with Gasteiger partial charge in [-0.1, -0.05) is 209 Å². The summed E-state index contributed by atoms with van der Waals surface area (Å²) in [5.74, 6) is -0.958. The van der Waals surface area contributed by atoms with Crippen molar-refractivity contribution in [3.05, 3.63) is 85.1 Å². The number of ether oxygens (including phenoxy) is 3. The van der Waals surface area contributed by atoms with Gasteiger partial charge in [0.25, 0.3) is 0 Å². The molecule has 0 N–H and O–H groups in total. The molecule has 1 unspecified atom stereocenters. The Bertz CT molecular complexity index is 1290. The zero-order valence-electron chi connectivity index (χ0n) is 43.2. The Morgan fingerprint density at radius 1 is 0.318 bits per heavy atom. The van der Waals surface area contributed by atoms with E-state index in [0.717, 1.165) is 103 Å². The summed E-state index contributed by atoms with van der Waals surface area (Å²) in [7, 11) is 0. The smallest absolute Gasteiger partial charge is 0.306 e. The molecule has 0 heterocycles. The minimum absolute atomic E-state index is 0.100. The van der Waals surface area contributed by atoms with Gasteiger partial charge in [0.1, 0.15) is 13.2 Å². The van der Waals surface area contributed by atoms with Gasteiger partial charge in [-0.2, -0.15) is 0 Å². The van der Waals surface area contributed by atoms with Crippen molar-refractivity contribution in [2.45, 2.75) is 264 Å². The average molecular weight is 919 g/mol. The Hall–Kier alpha value is -3.41. The Morgan fingerprint density at radius 2 is 0.591 bits per heavy atom. The van der Waals surface area contributed by atoms with E-state index in [1.165, 1.54) is 109 Å². The molecule has 66 heavy (non-hydrogen) atoms. The molecule has 0 aliphatic heterocycles. The molecule has 0 aromatic rings. The van der Waals surface area contributed by atoms with E-state index in [-0.39, 0.29) is 37.5 Å². The minimum atomic E-state index is -0.806. The molecule has 0 saturated carbocycles. The zero-order valence-corrected chi connectivity index (χ0v) is 43.2. The summed E-state index contributed by atoms with van der Waals surface area (Å²) in [6, 6.07) is 0. The molecule has 0 aromatic carbocycles. The quantitative estimate of drug-likeness (QED) is 0.0262. The first-order valence-electron chi connectivity index (χ1n) is 27.6. The van der Waals surface area contributed by atoms with E-state index in [2.05, 4.69) is 106 Å². The average Bonchev–Trinajstić information content (AvgIpc) is 3.31. The molecule has 6 heteroatoms. The van der Waals surface area contributed by atoms with Crippen LogP contribution in [0, 0.1) is 0 Å². The van der Waals surface area contributed by atoms with Crippen molar-refractivity contribution in [2.24, 2.45) is 0 Å². The largest absolute Gasteiger partial charge is 0.462 e. The van der Waals surface area contributed by atoms with Crippen LogP contribution in [0.2, 0.25) is 0 Å². The number of carbonyl (C=O) groups is 3. The molecule has 0 radical (unpaired) electrons. The van der Waals surface area contributed by atoms with Gasteiger partial charge in [-0.3, -0.25) is 14.4 Å². The molecular weight excluding hydrogens is 817 g/mol. The van der Waals surface area contributed by atoms with Crippen LogP contribution in [0.1, 0.15) is 258 Å². The third-order valence-electron chi connectivity index (χ3n) is 11.6. The first-order chi connectivity index (χ1) is 32.5. The fourth-order valence-corrected chi connectivity index (χ4v) is 7.46. The SMILES string of the molecule is CC/C=C\C/C=C\C/C=C\C/C=C\CCCCC(=O)OC(COC(=O)CCCCCCC/C=C\C/C=C\CCCCC)COC(=O)CCCCCCCCC/C=C\CCCCCCCCC. The van der Waals surface area contributed by atoms with Gasteiger partial charge in [-0.15, -0.1) is 0 Å². The van der Waals surface area contributed by atoms with Crippen molar-refractivity contribution in [3.8, 4) is 0 Å². The van der Waals surface area contributed by atoms with Gasteiger partial charge < -0.3 is 14.2 Å². The molecule has 0 fully saturated rings. The molecule has 0 aromatic heterocycles. The molecule has 0 amide bonds. The number of hydrogen-bond donors (Lipinski definition) is 0. The Labute approximate surface area is 407 Å². The van der Waals surface area contributed by atoms with E-state index in [9.17, 15) is 14.4 Å². The maximum absolute atomic E-state index is 12.8. The summed E-state index contributed by atoms with van der Waals surface area (Å²) in [4.78, 5) is 38.1. The number of hydrogen-bond acceptors (Lipinski definition) is 6. The zero-order chi connectivity index (χ0) is 47.9. The molecule has 378 valence electrons. The topological polar surface area (TPSA) is 78.9 Å². The van der Waals surface area contributed by atoms with Crippen LogP contribution < -0.4 is 0 Å². The third kappa shape index (κ3) is 51.6. The third-order valence-corrected chi connectivity index (χ3v) is 11.6. The molecule has 0 aliphatic carbocycles. The number of unbranched alkanes of at least 4 members (excludes halogenated alkanes) is 24. The molecule has 0 saturated heterocycles. The number of rotatable bonds is 49. The lowest BCUT2D eigenvalue weighted by molar-refractivity contribution is -0.167. The summed E-state index contributed by atoms with van der Waals surface area (Å²) < 4.78 is 16.8. The normalized spacial score (nSPS) is 12.7. The summed E-state index contributed by atoms with van der Waals surface area (Å²) in [5.41, 5.74) is 0. The Morgan fingerprint density at radius 3 is 1.00 bits per heavy atom. The van der Waals surface area contributed by atoms with Gasteiger partial charge in [-0.05, 0) is 116 Å². The van der Waals surface area contributed by atoms with E-state index >= 15 is 0 Å². The van der Waals surface area contributed by atoms with E-state index in [4.69, 9.17) is 14.2 Å². The van der Waals surface area contributed by atoms with E-state index in [1.807, 2.05) is 0 Å². The second-order valence-corrected chi connectivity index (χ2v) is 18.1. The summed E-state index contributed by atoms with van der Waals surface area (Å²) in [6.07, 6.45) is 70.0. The second kappa shape index (κ2) is 54.2. The minimum Gasteiger partial charge on any atom is -0.462 e. The van der Waals surface area contributed by atoms with E-state index in [0.29, 0.717) is 19.3 Å². The summed E-state index contributed by atoms with van der Waals surface area (Å²) in [5, 5.41) is 0. The Balaban J connectivity index is 4.46. The van der Waals surface area contributed by atoms with Gasteiger partial charge in [-0.25, -0.2) is 0 Å². The van der Waals surface area contributed by atoms with Crippen LogP contribution in [0.4, 0.5) is 0 Å². The first kappa shape index (κ1) is 62.6. The highest BCUT2D eigenvalue weighted by molar-refractivity contribution is 5.71. The van der Waals surface area contributed by atoms with E-state index < -0.39 is 6.10 Å². The number of allylic oxidation sites excluding steroid dienone is 14. The lowest BCUT2D eigenvalue weighted by atomic mass is 10.1. The monoisotopic (exact) mass is 919 g/mol. The van der Waals surface area contributed by atoms with Crippen LogP contribution in [0.3, 0.4) is 0 Å². The lowest BCUT2D eigenvalue weighted by Gasteiger charge is -2.18. The molecule has 6 nitrogen and oxygen atoms in total. The van der Waals surface area contributed by atoms with Gasteiger partial charge in [0, 0.05) is 19.3 Å². The van der Waals surface area contributed by atoms with Crippen molar-refractivity contribution in [1.82, 2.24) is 0 Å². The van der Waals surface area contributed by atoms with Gasteiger partial charge in [0.15, 0.2) is 6.10 Å². The van der Waals surface area contributed by atoms with Crippen LogP contribution in [0.5, 0.6) is 0 Å². The molecule has 0 bridgehead atoms. The predicted octanol–water partition coefficient (Wildman–Crippen LogP) is 18.4. The highest BCUT2D eigenvalue weighted by atomic mass is 16.6. The van der Waals surface area contributed by atoms with E-state index in [1.54, 1.807) is 0 Å². The number of esters is 3. The van der Waals surface area contributed by atoms with Crippen LogP contribution >= 0.6 is 0 Å².